The molecule has 19 heavy (non-hydrogen) atoms. The lowest BCUT2D eigenvalue weighted by atomic mass is 10.1. The molecule has 0 aliphatic carbocycles. The molecule has 4 nitrogen and oxygen atoms in total. The molecule has 2 aromatic rings. The van der Waals surface area contributed by atoms with Crippen molar-refractivity contribution in [3.8, 4) is 0 Å². The van der Waals surface area contributed by atoms with Crippen molar-refractivity contribution in [1.29, 1.82) is 0 Å². The van der Waals surface area contributed by atoms with Gasteiger partial charge in [-0.3, -0.25) is 0 Å². The molecule has 0 saturated carbocycles. The number of rotatable bonds is 5. The van der Waals surface area contributed by atoms with Gasteiger partial charge in [0.25, 0.3) is 0 Å². The molecule has 0 radical (unpaired) electrons. The van der Waals surface area contributed by atoms with Gasteiger partial charge in [-0.2, -0.15) is 0 Å². The molecular weight excluding hydrogens is 260 g/mol. The van der Waals surface area contributed by atoms with Crippen molar-refractivity contribution in [1.82, 2.24) is 15.2 Å². The third-order valence-corrected chi connectivity index (χ3v) is 3.10. The number of pyridine rings is 1. The fourth-order valence-electron chi connectivity index (χ4n) is 1.88. The standard InChI is InChI=1S/C14H19ClN4/c1-19(2)6-5-17-9-12-4-3-10-7-11(15)8-13(16)14(10)18-12/h3-4,7-8,17H,5-6,9,16H2,1-2H3. The molecular formula is C14H19ClN4. The minimum absolute atomic E-state index is 0.623. The molecule has 0 bridgehead atoms. The summed E-state index contributed by atoms with van der Waals surface area (Å²) in [5.41, 5.74) is 8.37. The molecule has 0 atom stereocenters. The van der Waals surface area contributed by atoms with E-state index >= 15 is 0 Å². The van der Waals surface area contributed by atoms with Gasteiger partial charge in [-0.15, -0.1) is 0 Å². The molecule has 102 valence electrons. The van der Waals surface area contributed by atoms with Gasteiger partial charge in [0, 0.05) is 30.0 Å². The van der Waals surface area contributed by atoms with Crippen LogP contribution in [0.15, 0.2) is 24.3 Å². The van der Waals surface area contributed by atoms with Crippen molar-refractivity contribution in [2.24, 2.45) is 0 Å². The van der Waals surface area contributed by atoms with E-state index in [9.17, 15) is 0 Å². The number of fused-ring (bicyclic) bond motifs is 1. The quantitative estimate of drug-likeness (QED) is 0.650. The van der Waals surface area contributed by atoms with Crippen LogP contribution in [0.3, 0.4) is 0 Å². The number of likely N-dealkylation sites (N-methyl/N-ethyl adjacent to an activating group) is 1. The van der Waals surface area contributed by atoms with Gasteiger partial charge in [0.2, 0.25) is 0 Å². The van der Waals surface area contributed by atoms with Gasteiger partial charge in [0.05, 0.1) is 16.9 Å². The summed E-state index contributed by atoms with van der Waals surface area (Å²) in [6.45, 7) is 2.68. The van der Waals surface area contributed by atoms with Crippen LogP contribution in [0.1, 0.15) is 5.69 Å². The van der Waals surface area contributed by atoms with Gasteiger partial charge in [-0.25, -0.2) is 4.98 Å². The van der Waals surface area contributed by atoms with E-state index in [1.807, 2.05) is 18.2 Å². The zero-order valence-electron chi connectivity index (χ0n) is 11.3. The van der Waals surface area contributed by atoms with Gasteiger partial charge < -0.3 is 16.0 Å². The molecule has 5 heteroatoms. The summed E-state index contributed by atoms with van der Waals surface area (Å²) < 4.78 is 0. The smallest absolute Gasteiger partial charge is 0.0936 e. The van der Waals surface area contributed by atoms with Gasteiger partial charge >= 0.3 is 0 Å². The van der Waals surface area contributed by atoms with Crippen molar-refractivity contribution in [2.45, 2.75) is 6.54 Å². The first kappa shape index (κ1) is 14.1. The largest absolute Gasteiger partial charge is 0.397 e. The minimum Gasteiger partial charge on any atom is -0.397 e. The number of nitrogens with zero attached hydrogens (tertiary/aromatic N) is 2. The van der Waals surface area contributed by atoms with E-state index < -0.39 is 0 Å². The normalized spacial score (nSPS) is 11.4. The molecule has 3 N–H and O–H groups in total. The molecule has 0 aliphatic heterocycles. The zero-order valence-corrected chi connectivity index (χ0v) is 12.0. The number of anilines is 1. The Balaban J connectivity index is 2.09. The van der Waals surface area contributed by atoms with Crippen LogP contribution >= 0.6 is 11.6 Å². The molecule has 2 rings (SSSR count). The van der Waals surface area contributed by atoms with Crippen LogP contribution in [0, 0.1) is 0 Å². The zero-order chi connectivity index (χ0) is 13.8. The maximum Gasteiger partial charge on any atom is 0.0936 e. The van der Waals surface area contributed by atoms with E-state index in [1.54, 1.807) is 6.07 Å². The summed E-state index contributed by atoms with van der Waals surface area (Å²) in [4.78, 5) is 6.71. The maximum atomic E-state index is 5.97. The Kier molecular flexibility index (Phi) is 4.58. The highest BCUT2D eigenvalue weighted by molar-refractivity contribution is 6.31. The first-order valence-corrected chi connectivity index (χ1v) is 6.64. The fourth-order valence-corrected chi connectivity index (χ4v) is 2.12. The van der Waals surface area contributed by atoms with E-state index in [1.165, 1.54) is 0 Å². The third kappa shape index (κ3) is 3.80. The maximum absolute atomic E-state index is 5.97. The number of nitrogens with one attached hydrogen (secondary N) is 1. The SMILES string of the molecule is CN(C)CCNCc1ccc2cc(Cl)cc(N)c2n1. The van der Waals surface area contributed by atoms with Gasteiger partial charge in [0.1, 0.15) is 0 Å². The lowest BCUT2D eigenvalue weighted by Crippen LogP contribution is -2.26. The summed E-state index contributed by atoms with van der Waals surface area (Å²) in [5, 5.41) is 4.97. The summed E-state index contributed by atoms with van der Waals surface area (Å²) in [7, 11) is 4.11. The molecule has 0 aliphatic rings. The second-order valence-electron chi connectivity index (χ2n) is 4.85. The highest BCUT2D eigenvalue weighted by atomic mass is 35.5. The first-order chi connectivity index (χ1) is 9.06. The average molecular weight is 279 g/mol. The summed E-state index contributed by atoms with van der Waals surface area (Å²) >= 11 is 5.97. The van der Waals surface area contributed by atoms with E-state index in [-0.39, 0.29) is 0 Å². The number of benzene rings is 1. The fraction of sp³-hybridized carbons (Fsp3) is 0.357. The highest BCUT2D eigenvalue weighted by Crippen LogP contribution is 2.24. The van der Waals surface area contributed by atoms with E-state index in [0.717, 1.165) is 36.2 Å². The summed E-state index contributed by atoms with van der Waals surface area (Å²) in [6, 6.07) is 7.62. The number of nitrogen functional groups attached to an aromatic ring is 1. The van der Waals surface area contributed by atoms with Crippen LogP contribution in [0.4, 0.5) is 5.69 Å². The van der Waals surface area contributed by atoms with Crippen LogP contribution < -0.4 is 11.1 Å². The highest BCUT2D eigenvalue weighted by Gasteiger charge is 2.03. The molecule has 0 fully saturated rings. The van der Waals surface area contributed by atoms with Gasteiger partial charge in [-0.05, 0) is 32.3 Å². The lowest BCUT2D eigenvalue weighted by Gasteiger charge is -2.10. The third-order valence-electron chi connectivity index (χ3n) is 2.89. The molecule has 0 amide bonds. The number of nitrogens with two attached hydrogens (primary N) is 1. The van der Waals surface area contributed by atoms with E-state index in [2.05, 4.69) is 29.3 Å². The van der Waals surface area contributed by atoms with Crippen LogP contribution in [0.2, 0.25) is 5.02 Å². The summed E-state index contributed by atoms with van der Waals surface area (Å²) in [6.07, 6.45) is 0. The number of hydrogen-bond donors (Lipinski definition) is 2. The van der Waals surface area contributed by atoms with Crippen LogP contribution in [0.25, 0.3) is 10.9 Å². The Morgan fingerprint density at radius 2 is 2.11 bits per heavy atom. The van der Waals surface area contributed by atoms with E-state index in [4.69, 9.17) is 17.3 Å². The molecule has 1 aromatic carbocycles. The van der Waals surface area contributed by atoms with Gasteiger partial charge in [-0.1, -0.05) is 17.7 Å². The van der Waals surface area contributed by atoms with Crippen molar-refractivity contribution in [2.75, 3.05) is 32.9 Å². The van der Waals surface area contributed by atoms with Crippen molar-refractivity contribution in [3.63, 3.8) is 0 Å². The Morgan fingerprint density at radius 3 is 2.84 bits per heavy atom. The Morgan fingerprint density at radius 1 is 1.32 bits per heavy atom. The number of aromatic nitrogens is 1. The predicted octanol–water partition coefficient (Wildman–Crippen LogP) is 2.12. The van der Waals surface area contributed by atoms with E-state index in [0.29, 0.717) is 10.7 Å². The molecule has 0 spiro atoms. The monoisotopic (exact) mass is 278 g/mol. The van der Waals surface area contributed by atoms with Crippen molar-refractivity contribution in [3.05, 3.63) is 35.0 Å². The molecule has 1 heterocycles. The second-order valence-corrected chi connectivity index (χ2v) is 5.29. The molecule has 0 saturated heterocycles. The lowest BCUT2D eigenvalue weighted by molar-refractivity contribution is 0.399. The minimum atomic E-state index is 0.623. The second kappa shape index (κ2) is 6.19. The van der Waals surface area contributed by atoms with Crippen LogP contribution in [-0.4, -0.2) is 37.1 Å². The molecule has 0 unspecified atom stereocenters. The first-order valence-electron chi connectivity index (χ1n) is 6.26. The number of halogens is 1. The molecule has 1 aromatic heterocycles. The Bertz CT molecular complexity index is 569. The van der Waals surface area contributed by atoms with Crippen molar-refractivity contribution < 1.29 is 0 Å². The van der Waals surface area contributed by atoms with Crippen molar-refractivity contribution >= 4 is 28.2 Å². The van der Waals surface area contributed by atoms with Crippen LogP contribution in [-0.2, 0) is 6.54 Å². The van der Waals surface area contributed by atoms with Gasteiger partial charge in [0.15, 0.2) is 0 Å². The average Bonchev–Trinajstić information content (AvgIpc) is 2.35. The Hall–Kier alpha value is -1.36. The Labute approximate surface area is 118 Å². The predicted molar refractivity (Wildman–Crippen MR) is 81.4 cm³/mol. The van der Waals surface area contributed by atoms with Crippen LogP contribution in [0.5, 0.6) is 0 Å². The summed E-state index contributed by atoms with van der Waals surface area (Å²) in [5.74, 6) is 0. The number of hydrogen-bond acceptors (Lipinski definition) is 4. The topological polar surface area (TPSA) is 54.2 Å².